The standard InChI is InChI=1S/C57H36O/c1-57(2)49-26-14-13-25-46(49)54-38-19-7-6-18-37(38)48(32-50(54)57)53-42-23-11-9-21-40(42)52(41-22-10-12-24-43(41)53)33-27-30-51-47(31-33)45-29-28-44-36-17-4-3-15-34(36)35-16-5-8-20-39(35)55(44)56(45)58-51/h3-32H,1-2H3. The van der Waals surface area contributed by atoms with Crippen LogP contribution in [0.5, 0.6) is 0 Å². The lowest BCUT2D eigenvalue weighted by Crippen LogP contribution is -2.15. The Kier molecular flexibility index (Phi) is 6.29. The molecule has 1 aliphatic carbocycles. The second-order valence-electron chi connectivity index (χ2n) is 16.7. The summed E-state index contributed by atoms with van der Waals surface area (Å²) in [6.45, 7) is 4.78. The van der Waals surface area contributed by atoms with Crippen molar-refractivity contribution in [3.05, 3.63) is 193 Å². The molecule has 0 unspecified atom stereocenters. The van der Waals surface area contributed by atoms with Crippen LogP contribution in [0, 0.1) is 0 Å². The Bertz CT molecular complexity index is 3670. The van der Waals surface area contributed by atoms with Gasteiger partial charge in [0.05, 0.1) is 0 Å². The molecule has 0 fully saturated rings. The summed E-state index contributed by atoms with van der Waals surface area (Å²) in [6.07, 6.45) is 0. The molecule has 1 heteroatoms. The Morgan fingerprint density at radius 2 is 0.810 bits per heavy atom. The first-order valence-electron chi connectivity index (χ1n) is 20.3. The monoisotopic (exact) mass is 736 g/mol. The van der Waals surface area contributed by atoms with Crippen LogP contribution in [0.15, 0.2) is 186 Å². The van der Waals surface area contributed by atoms with Gasteiger partial charge in [-0.3, -0.25) is 0 Å². The number of hydrogen-bond acceptors (Lipinski definition) is 1. The molecule has 1 nitrogen and oxygen atoms in total. The highest BCUT2D eigenvalue weighted by molar-refractivity contribution is 6.32. The first-order valence-corrected chi connectivity index (χ1v) is 20.3. The van der Waals surface area contributed by atoms with Gasteiger partial charge in [0.1, 0.15) is 11.2 Å². The van der Waals surface area contributed by atoms with Crippen LogP contribution >= 0.6 is 0 Å². The highest BCUT2D eigenvalue weighted by Gasteiger charge is 2.37. The second-order valence-corrected chi connectivity index (χ2v) is 16.7. The third-order valence-electron chi connectivity index (χ3n) is 13.4. The van der Waals surface area contributed by atoms with E-state index in [1.165, 1.54) is 109 Å². The largest absolute Gasteiger partial charge is 0.455 e. The summed E-state index contributed by atoms with van der Waals surface area (Å²) in [7, 11) is 0. The number of fused-ring (bicyclic) bond motifs is 17. The molecular formula is C57H36O. The molecule has 0 N–H and O–H groups in total. The van der Waals surface area contributed by atoms with Crippen LogP contribution in [-0.2, 0) is 5.41 Å². The van der Waals surface area contributed by atoms with Crippen LogP contribution in [0.3, 0.4) is 0 Å². The Morgan fingerprint density at radius 1 is 0.328 bits per heavy atom. The van der Waals surface area contributed by atoms with Crippen LogP contribution in [-0.4, -0.2) is 0 Å². The maximum absolute atomic E-state index is 6.88. The molecule has 0 bridgehead atoms. The lowest BCUT2D eigenvalue weighted by Gasteiger charge is -2.24. The zero-order valence-corrected chi connectivity index (χ0v) is 32.2. The van der Waals surface area contributed by atoms with Gasteiger partial charge in [-0.2, -0.15) is 0 Å². The number of benzene rings is 11. The van der Waals surface area contributed by atoms with Crippen LogP contribution < -0.4 is 0 Å². The maximum Gasteiger partial charge on any atom is 0.143 e. The topological polar surface area (TPSA) is 13.1 Å². The van der Waals surface area contributed by atoms with Gasteiger partial charge in [0.25, 0.3) is 0 Å². The second kappa shape index (κ2) is 11.4. The lowest BCUT2D eigenvalue weighted by molar-refractivity contribution is 0.661. The Labute approximate surface area is 335 Å². The summed E-state index contributed by atoms with van der Waals surface area (Å²) in [5.74, 6) is 0. The van der Waals surface area contributed by atoms with E-state index in [2.05, 4.69) is 196 Å². The van der Waals surface area contributed by atoms with E-state index in [1.807, 2.05) is 0 Å². The zero-order chi connectivity index (χ0) is 38.3. The average Bonchev–Trinajstić information content (AvgIpc) is 3.76. The molecule has 0 spiro atoms. The molecule has 1 aliphatic rings. The highest BCUT2D eigenvalue weighted by atomic mass is 16.3. The summed E-state index contributed by atoms with van der Waals surface area (Å²) in [4.78, 5) is 0. The van der Waals surface area contributed by atoms with Gasteiger partial charge in [-0.15, -0.1) is 0 Å². The summed E-state index contributed by atoms with van der Waals surface area (Å²) >= 11 is 0. The van der Waals surface area contributed by atoms with Crippen LogP contribution in [0.1, 0.15) is 25.0 Å². The Balaban J connectivity index is 1.10. The minimum atomic E-state index is -0.121. The van der Waals surface area contributed by atoms with Crippen molar-refractivity contribution in [2.45, 2.75) is 19.3 Å². The quantitative estimate of drug-likeness (QED) is 0.127. The first-order chi connectivity index (χ1) is 28.6. The van der Waals surface area contributed by atoms with Crippen molar-refractivity contribution in [3.63, 3.8) is 0 Å². The van der Waals surface area contributed by atoms with E-state index in [9.17, 15) is 0 Å². The molecule has 0 atom stereocenters. The molecule has 11 aromatic carbocycles. The summed E-state index contributed by atoms with van der Waals surface area (Å²) < 4.78 is 6.88. The van der Waals surface area contributed by atoms with Gasteiger partial charge in [-0.1, -0.05) is 172 Å². The van der Waals surface area contributed by atoms with Gasteiger partial charge in [-0.05, 0) is 128 Å². The van der Waals surface area contributed by atoms with Gasteiger partial charge in [0.2, 0.25) is 0 Å². The van der Waals surface area contributed by atoms with E-state index in [1.54, 1.807) is 0 Å². The van der Waals surface area contributed by atoms with Crippen molar-refractivity contribution in [1.29, 1.82) is 0 Å². The van der Waals surface area contributed by atoms with Crippen LogP contribution in [0.2, 0.25) is 0 Å². The van der Waals surface area contributed by atoms with E-state index in [4.69, 9.17) is 4.42 Å². The fraction of sp³-hybridized carbons (Fsp3) is 0.0526. The van der Waals surface area contributed by atoms with Crippen molar-refractivity contribution >= 4 is 86.6 Å². The number of hydrogen-bond donors (Lipinski definition) is 0. The molecule has 0 amide bonds. The molecule has 0 aliphatic heterocycles. The van der Waals surface area contributed by atoms with E-state index in [0.717, 1.165) is 21.9 Å². The Morgan fingerprint density at radius 3 is 1.47 bits per heavy atom. The SMILES string of the molecule is CC1(C)c2ccccc2-c2c1cc(-c1c3ccccc3c(-c3ccc4oc5c(ccc6c7ccccc7c7ccccc7c65)c4c3)c3ccccc13)c1ccccc21. The number of rotatable bonds is 2. The fourth-order valence-corrected chi connectivity index (χ4v) is 10.9. The fourth-order valence-electron chi connectivity index (χ4n) is 10.9. The minimum absolute atomic E-state index is 0.121. The first kappa shape index (κ1) is 31.9. The van der Waals surface area contributed by atoms with Crippen molar-refractivity contribution in [2.75, 3.05) is 0 Å². The normalized spacial score (nSPS) is 13.5. The molecule has 0 saturated carbocycles. The predicted octanol–water partition coefficient (Wildman–Crippen LogP) is 16.1. The smallest absolute Gasteiger partial charge is 0.143 e. The van der Waals surface area contributed by atoms with Gasteiger partial charge in [0.15, 0.2) is 0 Å². The molecular weight excluding hydrogens is 701 g/mol. The molecule has 270 valence electrons. The number of furan rings is 1. The minimum Gasteiger partial charge on any atom is -0.455 e. The van der Waals surface area contributed by atoms with E-state index >= 15 is 0 Å². The average molecular weight is 737 g/mol. The van der Waals surface area contributed by atoms with Gasteiger partial charge >= 0.3 is 0 Å². The maximum atomic E-state index is 6.88. The molecule has 1 heterocycles. The molecule has 12 aromatic rings. The van der Waals surface area contributed by atoms with Gasteiger partial charge < -0.3 is 4.42 Å². The molecule has 1 aromatic heterocycles. The van der Waals surface area contributed by atoms with Crippen molar-refractivity contribution < 1.29 is 4.42 Å². The Hall–Kier alpha value is -7.22. The van der Waals surface area contributed by atoms with Gasteiger partial charge in [-0.25, -0.2) is 0 Å². The summed E-state index contributed by atoms with van der Waals surface area (Å²) in [5, 5.41) is 17.3. The summed E-state index contributed by atoms with van der Waals surface area (Å²) in [6, 6.07) is 67.5. The van der Waals surface area contributed by atoms with E-state index in [0.29, 0.717) is 0 Å². The summed E-state index contributed by atoms with van der Waals surface area (Å²) in [5.41, 5.74) is 12.3. The lowest BCUT2D eigenvalue weighted by atomic mass is 9.79. The molecule has 58 heavy (non-hydrogen) atoms. The van der Waals surface area contributed by atoms with Crippen molar-refractivity contribution in [1.82, 2.24) is 0 Å². The van der Waals surface area contributed by atoms with Crippen molar-refractivity contribution in [2.24, 2.45) is 0 Å². The zero-order valence-electron chi connectivity index (χ0n) is 32.2. The van der Waals surface area contributed by atoms with Crippen molar-refractivity contribution in [3.8, 4) is 33.4 Å². The molecule has 0 saturated heterocycles. The van der Waals surface area contributed by atoms with E-state index < -0.39 is 0 Å². The molecule has 0 radical (unpaired) electrons. The van der Waals surface area contributed by atoms with E-state index in [-0.39, 0.29) is 5.41 Å². The van der Waals surface area contributed by atoms with Crippen LogP contribution in [0.25, 0.3) is 120 Å². The van der Waals surface area contributed by atoms with Crippen LogP contribution in [0.4, 0.5) is 0 Å². The highest BCUT2D eigenvalue weighted by Crippen LogP contribution is 2.55. The predicted molar refractivity (Wildman–Crippen MR) is 247 cm³/mol. The van der Waals surface area contributed by atoms with Gasteiger partial charge in [0, 0.05) is 21.6 Å². The third-order valence-corrected chi connectivity index (χ3v) is 13.4. The third kappa shape index (κ3) is 4.10. The molecule has 13 rings (SSSR count).